The summed E-state index contributed by atoms with van der Waals surface area (Å²) < 4.78 is 12.6. The van der Waals surface area contributed by atoms with Gasteiger partial charge in [0, 0.05) is 18.2 Å². The second-order valence-electron chi connectivity index (χ2n) is 8.09. The number of anilines is 2. The van der Waals surface area contributed by atoms with Gasteiger partial charge in [0.15, 0.2) is 5.65 Å². The van der Waals surface area contributed by atoms with Gasteiger partial charge in [-0.3, -0.25) is 9.59 Å². The van der Waals surface area contributed by atoms with Crippen molar-refractivity contribution in [2.75, 3.05) is 17.7 Å². The van der Waals surface area contributed by atoms with E-state index in [9.17, 15) is 9.59 Å². The van der Waals surface area contributed by atoms with E-state index in [1.165, 1.54) is 14.0 Å². The Morgan fingerprint density at radius 1 is 1.03 bits per heavy atom. The monoisotopic (exact) mass is 481 g/mol. The molecule has 0 aliphatic carbocycles. The van der Waals surface area contributed by atoms with E-state index in [4.69, 9.17) is 14.1 Å². The average Bonchev–Trinajstić information content (AvgIpc) is 3.54. The first-order valence-electron chi connectivity index (χ1n) is 11.2. The van der Waals surface area contributed by atoms with Crippen LogP contribution in [0.1, 0.15) is 23.0 Å². The summed E-state index contributed by atoms with van der Waals surface area (Å²) in [7, 11) is 1.51. The molecule has 2 N–H and O–H groups in total. The summed E-state index contributed by atoms with van der Waals surface area (Å²) >= 11 is 0. The molecule has 0 bridgehead atoms. The van der Waals surface area contributed by atoms with Crippen LogP contribution in [-0.4, -0.2) is 33.7 Å². The number of carbonyl (C=O) groups is 2. The maximum atomic E-state index is 13.6. The molecule has 0 unspecified atom stereocenters. The highest BCUT2D eigenvalue weighted by atomic mass is 16.5. The Labute approximate surface area is 206 Å². The van der Waals surface area contributed by atoms with Gasteiger partial charge in [0.25, 0.3) is 5.91 Å². The van der Waals surface area contributed by atoms with Crippen LogP contribution in [0.25, 0.3) is 22.3 Å². The van der Waals surface area contributed by atoms with Gasteiger partial charge in [-0.2, -0.15) is 5.10 Å². The first-order valence-corrected chi connectivity index (χ1v) is 11.2. The van der Waals surface area contributed by atoms with Gasteiger partial charge in [-0.05, 0) is 36.4 Å². The van der Waals surface area contributed by atoms with Crippen LogP contribution < -0.4 is 15.4 Å². The second kappa shape index (κ2) is 9.75. The molecule has 180 valence electrons. The third-order valence-electron chi connectivity index (χ3n) is 5.58. The van der Waals surface area contributed by atoms with Crippen LogP contribution in [0.15, 0.2) is 83.6 Å². The van der Waals surface area contributed by atoms with Crippen molar-refractivity contribution < 1.29 is 18.7 Å². The molecular formula is C27H23N5O4. The van der Waals surface area contributed by atoms with Gasteiger partial charge in [-0.15, -0.1) is 0 Å². The van der Waals surface area contributed by atoms with Crippen LogP contribution in [0.3, 0.4) is 0 Å². The minimum atomic E-state index is -0.365. The van der Waals surface area contributed by atoms with Crippen molar-refractivity contribution in [2.24, 2.45) is 0 Å². The van der Waals surface area contributed by atoms with Crippen LogP contribution >= 0.6 is 0 Å². The van der Waals surface area contributed by atoms with Crippen molar-refractivity contribution in [3.8, 4) is 17.0 Å². The molecule has 5 rings (SSSR count). The summed E-state index contributed by atoms with van der Waals surface area (Å²) in [5.74, 6) is 0.595. The number of amides is 2. The summed E-state index contributed by atoms with van der Waals surface area (Å²) in [4.78, 5) is 29.9. The van der Waals surface area contributed by atoms with Crippen LogP contribution in [0.2, 0.25) is 0 Å². The number of benzene rings is 2. The molecule has 0 radical (unpaired) electrons. The molecule has 0 aliphatic heterocycles. The first-order chi connectivity index (χ1) is 17.5. The summed E-state index contributed by atoms with van der Waals surface area (Å²) in [6, 6.07) is 20.1. The Bertz CT molecular complexity index is 1540. The lowest BCUT2D eigenvalue weighted by atomic mass is 10.1. The molecule has 5 aromatic rings. The topological polar surface area (TPSA) is 111 Å². The number of rotatable bonds is 7. The van der Waals surface area contributed by atoms with Gasteiger partial charge in [0.2, 0.25) is 5.91 Å². The molecule has 2 aromatic carbocycles. The highest BCUT2D eigenvalue weighted by molar-refractivity contribution is 6.13. The smallest absolute Gasteiger partial charge is 0.256 e. The van der Waals surface area contributed by atoms with Crippen LogP contribution in [0.5, 0.6) is 5.75 Å². The number of nitrogens with one attached hydrogen (secondary N) is 2. The zero-order valence-electron chi connectivity index (χ0n) is 19.7. The molecule has 9 nitrogen and oxygen atoms in total. The maximum Gasteiger partial charge on any atom is 0.256 e. The lowest BCUT2D eigenvalue weighted by molar-refractivity contribution is -0.114. The quantitative estimate of drug-likeness (QED) is 0.340. The van der Waals surface area contributed by atoms with Gasteiger partial charge in [0.1, 0.15) is 18.1 Å². The van der Waals surface area contributed by atoms with Gasteiger partial charge in [0.05, 0.1) is 41.9 Å². The van der Waals surface area contributed by atoms with Crippen molar-refractivity contribution in [1.29, 1.82) is 0 Å². The van der Waals surface area contributed by atoms with E-state index in [0.717, 1.165) is 11.3 Å². The highest BCUT2D eigenvalue weighted by Gasteiger charge is 2.19. The van der Waals surface area contributed by atoms with Gasteiger partial charge in [-0.25, -0.2) is 9.67 Å². The van der Waals surface area contributed by atoms with E-state index in [1.54, 1.807) is 41.4 Å². The van der Waals surface area contributed by atoms with Gasteiger partial charge < -0.3 is 19.8 Å². The molecule has 2 amide bonds. The molecule has 3 aromatic heterocycles. The molecule has 0 fully saturated rings. The lowest BCUT2D eigenvalue weighted by Gasteiger charge is -2.13. The predicted molar refractivity (Wildman–Crippen MR) is 136 cm³/mol. The van der Waals surface area contributed by atoms with Crippen molar-refractivity contribution in [3.63, 3.8) is 0 Å². The molecule has 3 heterocycles. The number of fused-ring (bicyclic) bond motifs is 1. The number of nitrogens with zero attached hydrogens (tertiary/aromatic N) is 3. The summed E-state index contributed by atoms with van der Waals surface area (Å²) in [5, 5.41) is 10.7. The molecular weight excluding hydrogens is 458 g/mol. The fourth-order valence-electron chi connectivity index (χ4n) is 3.93. The number of aromatic nitrogens is 3. The Kier molecular flexibility index (Phi) is 6.19. The molecule has 0 aliphatic rings. The largest absolute Gasteiger partial charge is 0.495 e. The predicted octanol–water partition coefficient (Wildman–Crippen LogP) is 4.96. The van der Waals surface area contributed by atoms with E-state index >= 15 is 0 Å². The Balaban J connectivity index is 1.58. The minimum Gasteiger partial charge on any atom is -0.495 e. The number of hydrogen-bond acceptors (Lipinski definition) is 6. The number of methoxy groups -OCH3 is 1. The molecule has 0 atom stereocenters. The van der Waals surface area contributed by atoms with E-state index in [-0.39, 0.29) is 11.8 Å². The molecule has 36 heavy (non-hydrogen) atoms. The van der Waals surface area contributed by atoms with Crippen LogP contribution in [-0.2, 0) is 11.3 Å². The number of pyridine rings is 1. The second-order valence-corrected chi connectivity index (χ2v) is 8.09. The van der Waals surface area contributed by atoms with E-state index in [2.05, 4.69) is 15.7 Å². The highest BCUT2D eigenvalue weighted by Crippen LogP contribution is 2.30. The summed E-state index contributed by atoms with van der Waals surface area (Å²) in [5.41, 5.74) is 3.41. The van der Waals surface area contributed by atoms with Gasteiger partial charge >= 0.3 is 0 Å². The van der Waals surface area contributed by atoms with Crippen molar-refractivity contribution in [1.82, 2.24) is 14.8 Å². The Morgan fingerprint density at radius 3 is 2.58 bits per heavy atom. The van der Waals surface area contributed by atoms with E-state index in [0.29, 0.717) is 46.0 Å². The number of carbonyl (C=O) groups excluding carboxylic acids is 2. The molecule has 0 saturated heterocycles. The van der Waals surface area contributed by atoms with Crippen molar-refractivity contribution in [2.45, 2.75) is 13.5 Å². The summed E-state index contributed by atoms with van der Waals surface area (Å²) in [6.07, 6.45) is 3.23. The zero-order valence-corrected chi connectivity index (χ0v) is 19.7. The van der Waals surface area contributed by atoms with Crippen LogP contribution in [0, 0.1) is 0 Å². The number of furan rings is 1. The molecule has 0 spiro atoms. The molecule has 0 saturated carbocycles. The third-order valence-corrected chi connectivity index (χ3v) is 5.58. The lowest BCUT2D eigenvalue weighted by Crippen LogP contribution is -2.14. The van der Waals surface area contributed by atoms with Crippen molar-refractivity contribution in [3.05, 3.63) is 90.5 Å². The van der Waals surface area contributed by atoms with E-state index in [1.807, 2.05) is 42.5 Å². The summed E-state index contributed by atoms with van der Waals surface area (Å²) in [6.45, 7) is 1.79. The average molecular weight is 482 g/mol. The normalized spacial score (nSPS) is 10.8. The Morgan fingerprint density at radius 2 is 1.86 bits per heavy atom. The zero-order chi connectivity index (χ0) is 25.1. The number of ether oxygens (including phenoxy) is 1. The first kappa shape index (κ1) is 22.9. The van der Waals surface area contributed by atoms with Crippen LogP contribution in [0.4, 0.5) is 11.4 Å². The Hall–Kier alpha value is -4.92. The maximum absolute atomic E-state index is 13.6. The van der Waals surface area contributed by atoms with Gasteiger partial charge in [-0.1, -0.05) is 30.3 Å². The third kappa shape index (κ3) is 4.67. The fraction of sp³-hybridized carbons (Fsp3) is 0.111. The SMILES string of the molecule is COc1ccc(NC(C)=O)cc1NC(=O)c1cc(-c2ccccc2)nc2c1cnn2Cc1ccco1. The fourth-order valence-corrected chi connectivity index (χ4v) is 3.93. The molecule has 9 heteroatoms. The van der Waals surface area contributed by atoms with E-state index < -0.39 is 0 Å². The number of hydrogen-bond donors (Lipinski definition) is 2. The van der Waals surface area contributed by atoms with Crippen molar-refractivity contribution >= 4 is 34.2 Å². The minimum absolute atomic E-state index is 0.218. The standard InChI is InChI=1S/C27H23N5O4/c1-17(33)29-19-10-11-25(35-2)24(13-19)31-27(34)21-14-23(18-7-4-3-5-8-18)30-26-22(21)15-28-32(26)16-20-9-6-12-36-20/h3-15H,16H2,1-2H3,(H,29,33)(H,31,34).